The van der Waals surface area contributed by atoms with Gasteiger partial charge in [0.1, 0.15) is 0 Å². The van der Waals surface area contributed by atoms with Crippen LogP contribution < -0.4 is 0 Å². The Bertz CT molecular complexity index is 512. The van der Waals surface area contributed by atoms with E-state index in [1.54, 1.807) is 24.5 Å². The van der Waals surface area contributed by atoms with Gasteiger partial charge in [0, 0.05) is 44.1 Å². The van der Waals surface area contributed by atoms with Gasteiger partial charge in [0.2, 0.25) is 5.91 Å². The number of aromatic nitrogens is 1. The Morgan fingerprint density at radius 3 is 2.38 bits per heavy atom. The number of pyridine rings is 1. The molecule has 2 aliphatic rings. The average Bonchev–Trinajstić information content (AvgIpc) is 3.09. The Labute approximate surface area is 124 Å². The van der Waals surface area contributed by atoms with Crippen LogP contribution >= 0.6 is 0 Å². The summed E-state index contributed by atoms with van der Waals surface area (Å²) in [4.78, 5) is 32.7. The van der Waals surface area contributed by atoms with E-state index in [0.29, 0.717) is 12.1 Å². The fourth-order valence-corrected chi connectivity index (χ4v) is 3.24. The van der Waals surface area contributed by atoms with Crippen molar-refractivity contribution in [2.45, 2.75) is 25.7 Å². The highest BCUT2D eigenvalue weighted by Crippen LogP contribution is 2.22. The Morgan fingerprint density at radius 2 is 1.67 bits per heavy atom. The topological polar surface area (TPSA) is 53.5 Å². The van der Waals surface area contributed by atoms with Crippen molar-refractivity contribution < 1.29 is 9.59 Å². The molecular formula is C16H21N3O2. The third kappa shape index (κ3) is 3.06. The number of carbonyl (C=O) groups is 2. The second-order valence-corrected chi connectivity index (χ2v) is 5.86. The number of nitrogens with zero attached hydrogens (tertiary/aromatic N) is 3. The highest BCUT2D eigenvalue weighted by molar-refractivity contribution is 5.94. The fraction of sp³-hybridized carbons (Fsp3) is 0.562. The summed E-state index contributed by atoms with van der Waals surface area (Å²) in [5, 5.41) is 0. The Balaban J connectivity index is 1.65. The summed E-state index contributed by atoms with van der Waals surface area (Å²) in [6, 6.07) is 3.46. The van der Waals surface area contributed by atoms with E-state index in [1.807, 2.05) is 9.80 Å². The minimum Gasteiger partial charge on any atom is -0.342 e. The number of hydrogen-bond acceptors (Lipinski definition) is 3. The van der Waals surface area contributed by atoms with Gasteiger partial charge >= 0.3 is 0 Å². The second kappa shape index (κ2) is 6.24. The van der Waals surface area contributed by atoms with Gasteiger partial charge in [-0.3, -0.25) is 14.6 Å². The average molecular weight is 287 g/mol. The molecule has 3 rings (SSSR count). The maximum Gasteiger partial charge on any atom is 0.253 e. The van der Waals surface area contributed by atoms with Crippen LogP contribution in [0.25, 0.3) is 0 Å². The van der Waals surface area contributed by atoms with E-state index in [0.717, 1.165) is 45.3 Å². The highest BCUT2D eigenvalue weighted by atomic mass is 16.2. The molecule has 0 bridgehead atoms. The second-order valence-electron chi connectivity index (χ2n) is 5.86. The molecule has 0 N–H and O–H groups in total. The highest BCUT2D eigenvalue weighted by Gasteiger charge is 2.32. The van der Waals surface area contributed by atoms with Crippen LogP contribution in [-0.4, -0.2) is 52.8 Å². The number of likely N-dealkylation sites (tertiary alicyclic amines) is 2. The van der Waals surface area contributed by atoms with Gasteiger partial charge in [-0.25, -0.2) is 0 Å². The molecule has 5 nitrogen and oxygen atoms in total. The van der Waals surface area contributed by atoms with E-state index in [-0.39, 0.29) is 17.7 Å². The Kier molecular flexibility index (Phi) is 4.18. The molecule has 3 heterocycles. The number of hydrogen-bond donors (Lipinski definition) is 0. The minimum absolute atomic E-state index is 0.0105. The molecule has 0 unspecified atom stereocenters. The number of amides is 2. The first-order valence-electron chi connectivity index (χ1n) is 7.74. The summed E-state index contributed by atoms with van der Waals surface area (Å²) in [7, 11) is 0. The first-order chi connectivity index (χ1) is 10.3. The summed E-state index contributed by atoms with van der Waals surface area (Å²) < 4.78 is 0. The molecule has 0 radical (unpaired) electrons. The van der Waals surface area contributed by atoms with Crippen molar-refractivity contribution >= 4 is 11.8 Å². The van der Waals surface area contributed by atoms with Crippen molar-refractivity contribution in [1.29, 1.82) is 0 Å². The molecule has 2 fully saturated rings. The molecule has 2 amide bonds. The van der Waals surface area contributed by atoms with Gasteiger partial charge in [0.15, 0.2) is 0 Å². The van der Waals surface area contributed by atoms with Crippen LogP contribution in [0.5, 0.6) is 0 Å². The van der Waals surface area contributed by atoms with E-state index in [4.69, 9.17) is 0 Å². The van der Waals surface area contributed by atoms with E-state index in [9.17, 15) is 9.59 Å². The largest absolute Gasteiger partial charge is 0.342 e. The standard InChI is InChI=1S/C16H21N3O2/c20-15(13-5-7-17-8-6-13)19-11-3-4-14(12-19)16(21)18-9-1-2-10-18/h5-8,14H,1-4,9-12H2/t14-/m1/s1. The van der Waals surface area contributed by atoms with E-state index in [2.05, 4.69) is 4.98 Å². The monoisotopic (exact) mass is 287 g/mol. The lowest BCUT2D eigenvalue weighted by atomic mass is 9.96. The normalized spacial score (nSPS) is 22.4. The van der Waals surface area contributed by atoms with Crippen molar-refractivity contribution in [3.63, 3.8) is 0 Å². The fourth-order valence-electron chi connectivity index (χ4n) is 3.24. The quantitative estimate of drug-likeness (QED) is 0.829. The van der Waals surface area contributed by atoms with Crippen LogP contribution in [-0.2, 0) is 4.79 Å². The van der Waals surface area contributed by atoms with Crippen LogP contribution in [0.15, 0.2) is 24.5 Å². The first kappa shape index (κ1) is 14.0. The zero-order chi connectivity index (χ0) is 14.7. The van der Waals surface area contributed by atoms with Gasteiger partial charge in [-0.1, -0.05) is 0 Å². The maximum absolute atomic E-state index is 12.5. The smallest absolute Gasteiger partial charge is 0.253 e. The van der Waals surface area contributed by atoms with Crippen molar-refractivity contribution in [2.24, 2.45) is 5.92 Å². The third-order valence-corrected chi connectivity index (χ3v) is 4.40. The summed E-state index contributed by atoms with van der Waals surface area (Å²) in [5.74, 6) is 0.221. The first-order valence-corrected chi connectivity index (χ1v) is 7.74. The molecule has 1 atom stereocenters. The van der Waals surface area contributed by atoms with E-state index < -0.39 is 0 Å². The van der Waals surface area contributed by atoms with E-state index >= 15 is 0 Å². The van der Waals surface area contributed by atoms with Gasteiger partial charge in [-0.05, 0) is 37.8 Å². The summed E-state index contributed by atoms with van der Waals surface area (Å²) in [5.41, 5.74) is 0.652. The SMILES string of the molecule is O=C(c1ccncc1)N1CCC[C@@H](C(=O)N2CCCC2)C1. The van der Waals surface area contributed by atoms with Crippen molar-refractivity contribution in [3.8, 4) is 0 Å². The van der Waals surface area contributed by atoms with E-state index in [1.165, 1.54) is 0 Å². The summed E-state index contributed by atoms with van der Waals surface area (Å²) in [6.07, 6.45) is 7.28. The molecule has 112 valence electrons. The van der Waals surface area contributed by atoms with Crippen LogP contribution in [0, 0.1) is 5.92 Å². The van der Waals surface area contributed by atoms with Crippen LogP contribution in [0.3, 0.4) is 0 Å². The van der Waals surface area contributed by atoms with Gasteiger partial charge in [-0.15, -0.1) is 0 Å². The van der Waals surface area contributed by atoms with Gasteiger partial charge < -0.3 is 9.80 Å². The molecular weight excluding hydrogens is 266 g/mol. The molecule has 0 aliphatic carbocycles. The summed E-state index contributed by atoms with van der Waals surface area (Å²) in [6.45, 7) is 3.06. The zero-order valence-corrected chi connectivity index (χ0v) is 12.2. The van der Waals surface area contributed by atoms with Crippen molar-refractivity contribution in [3.05, 3.63) is 30.1 Å². The Morgan fingerprint density at radius 1 is 1.00 bits per heavy atom. The third-order valence-electron chi connectivity index (χ3n) is 4.40. The van der Waals surface area contributed by atoms with Crippen molar-refractivity contribution in [1.82, 2.24) is 14.8 Å². The lowest BCUT2D eigenvalue weighted by Crippen LogP contribution is -2.46. The lowest BCUT2D eigenvalue weighted by Gasteiger charge is -2.34. The molecule has 1 aromatic heterocycles. The number of carbonyl (C=O) groups excluding carboxylic acids is 2. The molecule has 21 heavy (non-hydrogen) atoms. The van der Waals surface area contributed by atoms with Gasteiger partial charge in [0.25, 0.3) is 5.91 Å². The minimum atomic E-state index is -0.0253. The predicted octanol–water partition coefficient (Wildman–Crippen LogP) is 1.56. The van der Waals surface area contributed by atoms with Gasteiger partial charge in [-0.2, -0.15) is 0 Å². The number of rotatable bonds is 2. The molecule has 2 saturated heterocycles. The van der Waals surface area contributed by atoms with Crippen molar-refractivity contribution in [2.75, 3.05) is 26.2 Å². The predicted molar refractivity (Wildman–Crippen MR) is 78.7 cm³/mol. The molecule has 0 saturated carbocycles. The van der Waals surface area contributed by atoms with Gasteiger partial charge in [0.05, 0.1) is 5.92 Å². The summed E-state index contributed by atoms with van der Waals surface area (Å²) >= 11 is 0. The zero-order valence-electron chi connectivity index (χ0n) is 12.2. The molecule has 0 spiro atoms. The maximum atomic E-state index is 12.5. The molecule has 1 aromatic rings. The van der Waals surface area contributed by atoms with Crippen LogP contribution in [0.2, 0.25) is 0 Å². The van der Waals surface area contributed by atoms with Crippen LogP contribution in [0.1, 0.15) is 36.0 Å². The molecule has 0 aromatic carbocycles. The number of piperidine rings is 1. The van der Waals surface area contributed by atoms with Crippen LogP contribution in [0.4, 0.5) is 0 Å². The molecule has 2 aliphatic heterocycles. The molecule has 5 heteroatoms. The lowest BCUT2D eigenvalue weighted by molar-refractivity contribution is -0.135. The Hall–Kier alpha value is -1.91.